The normalized spacial score (nSPS) is 20.8. The van der Waals surface area contributed by atoms with Gasteiger partial charge in [0.05, 0.1) is 13.2 Å². The summed E-state index contributed by atoms with van der Waals surface area (Å²) in [6, 6.07) is 7.92. The van der Waals surface area contributed by atoms with Gasteiger partial charge in [-0.2, -0.15) is 0 Å². The van der Waals surface area contributed by atoms with Crippen LogP contribution in [0.15, 0.2) is 24.3 Å². The van der Waals surface area contributed by atoms with Crippen LogP contribution in [0.1, 0.15) is 31.7 Å². The monoisotopic (exact) mass is 361 g/mol. The molecule has 3 amide bonds. The van der Waals surface area contributed by atoms with Crippen molar-refractivity contribution < 1.29 is 19.1 Å². The second-order valence-corrected chi connectivity index (χ2v) is 6.77. The molecule has 1 unspecified atom stereocenters. The molecule has 0 spiro atoms. The number of amides is 3. The van der Waals surface area contributed by atoms with Crippen LogP contribution in [-0.2, 0) is 11.3 Å². The minimum absolute atomic E-state index is 0.0599. The molecule has 0 aromatic heterocycles. The van der Waals surface area contributed by atoms with E-state index in [-0.39, 0.29) is 24.2 Å². The molecule has 1 atom stereocenters. The van der Waals surface area contributed by atoms with Gasteiger partial charge in [-0.1, -0.05) is 19.1 Å². The predicted molar refractivity (Wildman–Crippen MR) is 97.1 cm³/mol. The lowest BCUT2D eigenvalue weighted by molar-refractivity contribution is 0.112. The Morgan fingerprint density at radius 1 is 1.27 bits per heavy atom. The van der Waals surface area contributed by atoms with Crippen molar-refractivity contribution in [2.24, 2.45) is 0 Å². The van der Waals surface area contributed by atoms with Crippen molar-refractivity contribution in [1.82, 2.24) is 15.1 Å². The first-order valence-corrected chi connectivity index (χ1v) is 9.23. The van der Waals surface area contributed by atoms with Gasteiger partial charge in [0.2, 0.25) is 0 Å². The number of benzene rings is 1. The van der Waals surface area contributed by atoms with Crippen molar-refractivity contribution in [3.8, 4) is 5.75 Å². The van der Waals surface area contributed by atoms with Gasteiger partial charge in [0.25, 0.3) is 0 Å². The Kier molecular flexibility index (Phi) is 5.85. The summed E-state index contributed by atoms with van der Waals surface area (Å²) in [6.07, 6.45) is 2.27. The second kappa shape index (κ2) is 8.29. The van der Waals surface area contributed by atoms with Crippen LogP contribution in [0.4, 0.5) is 9.59 Å². The highest BCUT2D eigenvalue weighted by Crippen LogP contribution is 2.25. The SMILES string of the molecule is CCC1COC(=O)N1C1CCN(C(=O)NCc2ccc(OC)cc2)CC1. The van der Waals surface area contributed by atoms with Crippen molar-refractivity contribution in [2.75, 3.05) is 26.8 Å². The average Bonchev–Trinajstić information content (AvgIpc) is 3.07. The number of piperidine rings is 1. The first kappa shape index (κ1) is 18.4. The maximum Gasteiger partial charge on any atom is 0.410 e. The van der Waals surface area contributed by atoms with E-state index in [4.69, 9.17) is 9.47 Å². The minimum atomic E-state index is -0.209. The number of carbonyl (C=O) groups is 2. The molecule has 142 valence electrons. The molecule has 0 radical (unpaired) electrons. The summed E-state index contributed by atoms with van der Waals surface area (Å²) in [4.78, 5) is 28.1. The summed E-state index contributed by atoms with van der Waals surface area (Å²) in [7, 11) is 1.63. The van der Waals surface area contributed by atoms with E-state index in [2.05, 4.69) is 12.2 Å². The Hall–Kier alpha value is -2.44. The predicted octanol–water partition coefficient (Wildman–Crippen LogP) is 2.60. The molecular formula is C19H27N3O4. The third kappa shape index (κ3) is 4.03. The fourth-order valence-electron chi connectivity index (χ4n) is 3.61. The van der Waals surface area contributed by atoms with Crippen LogP contribution in [0.25, 0.3) is 0 Å². The van der Waals surface area contributed by atoms with Gasteiger partial charge >= 0.3 is 12.1 Å². The van der Waals surface area contributed by atoms with Crippen LogP contribution in [0.3, 0.4) is 0 Å². The fraction of sp³-hybridized carbons (Fsp3) is 0.579. The maximum atomic E-state index is 12.4. The van der Waals surface area contributed by atoms with Gasteiger partial charge < -0.3 is 19.7 Å². The van der Waals surface area contributed by atoms with Crippen LogP contribution < -0.4 is 10.1 Å². The summed E-state index contributed by atoms with van der Waals surface area (Å²) in [5, 5.41) is 2.96. The van der Waals surface area contributed by atoms with Crippen LogP contribution in [0.2, 0.25) is 0 Å². The maximum absolute atomic E-state index is 12.4. The summed E-state index contributed by atoms with van der Waals surface area (Å²) in [6.45, 7) is 4.34. The molecule has 0 saturated carbocycles. The van der Waals surface area contributed by atoms with E-state index in [1.165, 1.54) is 0 Å². The molecule has 2 heterocycles. The standard InChI is InChI=1S/C19H27N3O4/c1-3-15-13-26-19(24)22(15)16-8-10-21(11-9-16)18(23)20-12-14-4-6-17(25-2)7-5-14/h4-7,15-16H,3,8-13H2,1-2H3,(H,20,23). The Morgan fingerprint density at radius 3 is 2.58 bits per heavy atom. The number of methoxy groups -OCH3 is 1. The van der Waals surface area contributed by atoms with E-state index in [0.29, 0.717) is 26.2 Å². The van der Waals surface area contributed by atoms with Gasteiger partial charge in [-0.3, -0.25) is 4.90 Å². The van der Waals surface area contributed by atoms with E-state index >= 15 is 0 Å². The number of rotatable bonds is 5. The lowest BCUT2D eigenvalue weighted by Crippen LogP contribution is -2.51. The van der Waals surface area contributed by atoms with Crippen molar-refractivity contribution in [1.29, 1.82) is 0 Å². The molecule has 1 aromatic rings. The van der Waals surface area contributed by atoms with Crippen molar-refractivity contribution in [3.05, 3.63) is 29.8 Å². The van der Waals surface area contributed by atoms with Gasteiger partial charge in [0, 0.05) is 25.7 Å². The summed E-state index contributed by atoms with van der Waals surface area (Å²) >= 11 is 0. The molecule has 1 aromatic carbocycles. The first-order chi connectivity index (χ1) is 12.6. The van der Waals surface area contributed by atoms with Crippen LogP contribution in [0.5, 0.6) is 5.75 Å². The summed E-state index contributed by atoms with van der Waals surface area (Å²) in [5.41, 5.74) is 1.03. The Labute approximate surface area is 154 Å². The largest absolute Gasteiger partial charge is 0.497 e. The zero-order valence-corrected chi connectivity index (χ0v) is 15.4. The number of likely N-dealkylation sites (tertiary alicyclic amines) is 1. The second-order valence-electron chi connectivity index (χ2n) is 6.77. The van der Waals surface area contributed by atoms with Gasteiger partial charge in [0.1, 0.15) is 12.4 Å². The third-order valence-corrected chi connectivity index (χ3v) is 5.22. The van der Waals surface area contributed by atoms with Crippen LogP contribution in [-0.4, -0.2) is 60.8 Å². The lowest BCUT2D eigenvalue weighted by atomic mass is 10.0. The van der Waals surface area contributed by atoms with Gasteiger partial charge in [-0.25, -0.2) is 9.59 Å². The number of nitrogens with zero attached hydrogens (tertiary/aromatic N) is 2. The average molecular weight is 361 g/mol. The van der Waals surface area contributed by atoms with Gasteiger partial charge in [-0.05, 0) is 37.0 Å². The molecule has 7 heteroatoms. The fourth-order valence-corrected chi connectivity index (χ4v) is 3.61. The molecule has 2 aliphatic rings. The smallest absolute Gasteiger partial charge is 0.410 e. The topological polar surface area (TPSA) is 71.1 Å². The molecule has 3 rings (SSSR count). The van der Waals surface area contributed by atoms with Crippen molar-refractivity contribution in [3.63, 3.8) is 0 Å². The third-order valence-electron chi connectivity index (χ3n) is 5.22. The van der Waals surface area contributed by atoms with E-state index in [1.54, 1.807) is 7.11 Å². The number of urea groups is 1. The molecule has 2 fully saturated rings. The molecule has 2 aliphatic heterocycles. The van der Waals surface area contributed by atoms with E-state index < -0.39 is 0 Å². The Morgan fingerprint density at radius 2 is 1.96 bits per heavy atom. The van der Waals surface area contributed by atoms with E-state index in [9.17, 15) is 9.59 Å². The molecular weight excluding hydrogens is 334 g/mol. The molecule has 1 N–H and O–H groups in total. The number of cyclic esters (lactones) is 1. The highest BCUT2D eigenvalue weighted by atomic mass is 16.6. The minimum Gasteiger partial charge on any atom is -0.497 e. The molecule has 0 aliphatic carbocycles. The summed E-state index contributed by atoms with van der Waals surface area (Å²) < 4.78 is 10.3. The number of hydrogen-bond donors (Lipinski definition) is 1. The zero-order chi connectivity index (χ0) is 18.5. The molecule has 26 heavy (non-hydrogen) atoms. The van der Waals surface area contributed by atoms with E-state index in [0.717, 1.165) is 30.6 Å². The molecule has 2 saturated heterocycles. The number of carbonyl (C=O) groups excluding carboxylic acids is 2. The van der Waals surface area contributed by atoms with Crippen LogP contribution >= 0.6 is 0 Å². The Balaban J connectivity index is 1.46. The zero-order valence-electron chi connectivity index (χ0n) is 15.4. The highest BCUT2D eigenvalue weighted by Gasteiger charge is 2.38. The highest BCUT2D eigenvalue weighted by molar-refractivity contribution is 5.74. The van der Waals surface area contributed by atoms with Gasteiger partial charge in [-0.15, -0.1) is 0 Å². The van der Waals surface area contributed by atoms with Gasteiger partial charge in [0.15, 0.2) is 0 Å². The quantitative estimate of drug-likeness (QED) is 0.875. The van der Waals surface area contributed by atoms with Crippen molar-refractivity contribution >= 4 is 12.1 Å². The number of hydrogen-bond acceptors (Lipinski definition) is 4. The summed E-state index contributed by atoms with van der Waals surface area (Å²) in [5.74, 6) is 0.799. The van der Waals surface area contributed by atoms with Crippen LogP contribution in [0, 0.1) is 0 Å². The van der Waals surface area contributed by atoms with E-state index in [1.807, 2.05) is 34.1 Å². The number of nitrogens with one attached hydrogen (secondary N) is 1. The molecule has 0 bridgehead atoms. The lowest BCUT2D eigenvalue weighted by Gasteiger charge is -2.37. The van der Waals surface area contributed by atoms with Crippen molar-refractivity contribution in [2.45, 2.75) is 44.8 Å². The first-order valence-electron chi connectivity index (χ1n) is 9.23. The number of ether oxygens (including phenoxy) is 2. The Bertz CT molecular complexity index is 626. The molecule has 7 nitrogen and oxygen atoms in total.